The van der Waals surface area contributed by atoms with Crippen LogP contribution in [0.3, 0.4) is 0 Å². The van der Waals surface area contributed by atoms with Crippen LogP contribution in [0.25, 0.3) is 0 Å². The van der Waals surface area contributed by atoms with Crippen LogP contribution in [0.4, 0.5) is 0 Å². The van der Waals surface area contributed by atoms with Gasteiger partial charge in [-0.05, 0) is 37.6 Å². The molecule has 1 aromatic rings. The molecule has 0 spiro atoms. The molecule has 0 aliphatic carbocycles. The van der Waals surface area contributed by atoms with E-state index in [4.69, 9.17) is 4.74 Å². The summed E-state index contributed by atoms with van der Waals surface area (Å²) in [5.41, 5.74) is 0.670. The Morgan fingerprint density at radius 1 is 1.38 bits per heavy atom. The molecule has 1 N–H and O–H groups in total. The normalized spacial score (nSPS) is 11.9. The van der Waals surface area contributed by atoms with Crippen molar-refractivity contribution >= 4 is 5.91 Å². The van der Waals surface area contributed by atoms with Crippen LogP contribution in [-0.2, 0) is 0 Å². The lowest BCUT2D eigenvalue weighted by Gasteiger charge is -2.12. The predicted molar refractivity (Wildman–Crippen MR) is 64.8 cm³/mol. The van der Waals surface area contributed by atoms with Crippen LogP contribution in [0.5, 0.6) is 5.75 Å². The minimum absolute atomic E-state index is 0.0244. The first-order chi connectivity index (χ1) is 7.67. The first kappa shape index (κ1) is 12.6. The Kier molecular flexibility index (Phi) is 4.83. The maximum Gasteiger partial charge on any atom is 0.251 e. The van der Waals surface area contributed by atoms with E-state index in [1.807, 2.05) is 6.92 Å². The van der Waals surface area contributed by atoms with Crippen LogP contribution in [-0.4, -0.2) is 19.1 Å². The number of carbonyl (C=O) groups is 1. The fourth-order valence-electron chi connectivity index (χ4n) is 1.55. The first-order valence-corrected chi connectivity index (χ1v) is 5.62. The summed E-state index contributed by atoms with van der Waals surface area (Å²) in [6.45, 7) is 4.13. The van der Waals surface area contributed by atoms with Gasteiger partial charge < -0.3 is 10.1 Å². The molecule has 0 unspecified atom stereocenters. The molecule has 0 radical (unpaired) electrons. The van der Waals surface area contributed by atoms with E-state index in [0.717, 1.165) is 18.6 Å². The highest BCUT2D eigenvalue weighted by atomic mass is 16.5. The van der Waals surface area contributed by atoms with Gasteiger partial charge in [-0.2, -0.15) is 0 Å². The molecule has 0 heterocycles. The molecule has 0 fully saturated rings. The molecular weight excluding hydrogens is 202 g/mol. The van der Waals surface area contributed by atoms with Crippen molar-refractivity contribution in [2.45, 2.75) is 32.7 Å². The van der Waals surface area contributed by atoms with Gasteiger partial charge in [0.2, 0.25) is 0 Å². The molecule has 1 atom stereocenters. The predicted octanol–water partition coefficient (Wildman–Crippen LogP) is 2.61. The average Bonchev–Trinajstić information content (AvgIpc) is 2.29. The number of carbonyl (C=O) groups excluding carboxylic acids is 1. The van der Waals surface area contributed by atoms with E-state index in [9.17, 15) is 4.79 Å². The van der Waals surface area contributed by atoms with Crippen molar-refractivity contribution in [3.63, 3.8) is 0 Å². The van der Waals surface area contributed by atoms with Crippen LogP contribution in [0, 0.1) is 0 Å². The molecule has 1 aromatic carbocycles. The summed E-state index contributed by atoms with van der Waals surface area (Å²) >= 11 is 0. The number of nitrogens with one attached hydrogen (secondary N) is 1. The van der Waals surface area contributed by atoms with Gasteiger partial charge in [-0.25, -0.2) is 0 Å². The Hall–Kier alpha value is -1.51. The summed E-state index contributed by atoms with van der Waals surface area (Å²) in [6.07, 6.45) is 2.08. The summed E-state index contributed by atoms with van der Waals surface area (Å²) in [5, 5.41) is 2.95. The SMILES string of the molecule is CCC[C@@H](C)NC(=O)c1ccc(OC)cc1. The third-order valence-electron chi connectivity index (χ3n) is 2.45. The fourth-order valence-corrected chi connectivity index (χ4v) is 1.55. The smallest absolute Gasteiger partial charge is 0.251 e. The van der Waals surface area contributed by atoms with Crippen LogP contribution < -0.4 is 10.1 Å². The van der Waals surface area contributed by atoms with Gasteiger partial charge in [0, 0.05) is 11.6 Å². The fraction of sp³-hybridized carbons (Fsp3) is 0.462. The quantitative estimate of drug-likeness (QED) is 0.830. The van der Waals surface area contributed by atoms with Crippen LogP contribution in [0.1, 0.15) is 37.0 Å². The minimum Gasteiger partial charge on any atom is -0.497 e. The molecule has 16 heavy (non-hydrogen) atoms. The summed E-state index contributed by atoms with van der Waals surface area (Å²) in [5.74, 6) is 0.738. The van der Waals surface area contributed by atoms with Gasteiger partial charge in [-0.1, -0.05) is 13.3 Å². The van der Waals surface area contributed by atoms with Gasteiger partial charge in [-0.3, -0.25) is 4.79 Å². The molecule has 0 aliphatic rings. The molecule has 1 amide bonds. The highest BCUT2D eigenvalue weighted by Crippen LogP contribution is 2.11. The number of methoxy groups -OCH3 is 1. The Balaban J connectivity index is 2.59. The Morgan fingerprint density at radius 3 is 2.50 bits per heavy atom. The third kappa shape index (κ3) is 3.57. The second kappa shape index (κ2) is 6.16. The van der Waals surface area contributed by atoms with Crippen LogP contribution >= 0.6 is 0 Å². The maximum atomic E-state index is 11.8. The number of ether oxygens (including phenoxy) is 1. The zero-order valence-electron chi connectivity index (χ0n) is 10.1. The molecule has 0 aliphatic heterocycles. The highest BCUT2D eigenvalue weighted by Gasteiger charge is 2.08. The number of amides is 1. The minimum atomic E-state index is -0.0244. The van der Waals surface area contributed by atoms with Gasteiger partial charge in [0.1, 0.15) is 5.75 Å². The van der Waals surface area contributed by atoms with Crippen molar-refractivity contribution in [2.24, 2.45) is 0 Å². The number of benzene rings is 1. The first-order valence-electron chi connectivity index (χ1n) is 5.62. The summed E-state index contributed by atoms with van der Waals surface area (Å²) in [6, 6.07) is 7.35. The van der Waals surface area contributed by atoms with Gasteiger partial charge in [0.05, 0.1) is 7.11 Å². The second-order valence-electron chi connectivity index (χ2n) is 3.89. The second-order valence-corrected chi connectivity index (χ2v) is 3.89. The van der Waals surface area contributed by atoms with Crippen LogP contribution in [0.2, 0.25) is 0 Å². The molecule has 0 bridgehead atoms. The Morgan fingerprint density at radius 2 is 2.00 bits per heavy atom. The lowest BCUT2D eigenvalue weighted by molar-refractivity contribution is 0.0938. The number of hydrogen-bond acceptors (Lipinski definition) is 2. The van der Waals surface area contributed by atoms with E-state index in [1.165, 1.54) is 0 Å². The highest BCUT2D eigenvalue weighted by molar-refractivity contribution is 5.94. The van der Waals surface area contributed by atoms with Crippen LogP contribution in [0.15, 0.2) is 24.3 Å². The largest absolute Gasteiger partial charge is 0.497 e. The van der Waals surface area contributed by atoms with E-state index in [2.05, 4.69) is 12.2 Å². The molecule has 0 saturated carbocycles. The molecule has 3 nitrogen and oxygen atoms in total. The Labute approximate surface area is 96.8 Å². The maximum absolute atomic E-state index is 11.8. The van der Waals surface area contributed by atoms with Crippen molar-refractivity contribution < 1.29 is 9.53 Å². The topological polar surface area (TPSA) is 38.3 Å². The number of rotatable bonds is 5. The third-order valence-corrected chi connectivity index (χ3v) is 2.45. The standard InChI is InChI=1S/C13H19NO2/c1-4-5-10(2)14-13(15)11-6-8-12(16-3)9-7-11/h6-10H,4-5H2,1-3H3,(H,14,15)/t10-/m1/s1. The molecule has 1 rings (SSSR count). The molecule has 0 aromatic heterocycles. The Bertz CT molecular complexity index is 332. The average molecular weight is 221 g/mol. The molecule has 88 valence electrons. The van der Waals surface area contributed by atoms with E-state index < -0.39 is 0 Å². The zero-order valence-corrected chi connectivity index (χ0v) is 10.1. The van der Waals surface area contributed by atoms with E-state index >= 15 is 0 Å². The van der Waals surface area contributed by atoms with E-state index in [-0.39, 0.29) is 11.9 Å². The van der Waals surface area contributed by atoms with Gasteiger partial charge in [0.15, 0.2) is 0 Å². The van der Waals surface area contributed by atoms with Crippen molar-refractivity contribution in [3.8, 4) is 5.75 Å². The van der Waals surface area contributed by atoms with Crippen molar-refractivity contribution in [1.82, 2.24) is 5.32 Å². The summed E-state index contributed by atoms with van der Waals surface area (Å²) in [7, 11) is 1.61. The lowest BCUT2D eigenvalue weighted by Crippen LogP contribution is -2.32. The summed E-state index contributed by atoms with van der Waals surface area (Å²) in [4.78, 5) is 11.8. The van der Waals surface area contributed by atoms with Crippen molar-refractivity contribution in [3.05, 3.63) is 29.8 Å². The zero-order chi connectivity index (χ0) is 12.0. The molecule has 0 saturated heterocycles. The molecule has 3 heteroatoms. The number of hydrogen-bond donors (Lipinski definition) is 1. The van der Waals surface area contributed by atoms with E-state index in [1.54, 1.807) is 31.4 Å². The lowest BCUT2D eigenvalue weighted by atomic mass is 10.1. The van der Waals surface area contributed by atoms with Crippen molar-refractivity contribution in [1.29, 1.82) is 0 Å². The monoisotopic (exact) mass is 221 g/mol. The molecular formula is C13H19NO2. The summed E-state index contributed by atoms with van der Waals surface area (Å²) < 4.78 is 5.04. The van der Waals surface area contributed by atoms with Crippen molar-refractivity contribution in [2.75, 3.05) is 7.11 Å². The van der Waals surface area contributed by atoms with Gasteiger partial charge in [-0.15, -0.1) is 0 Å². The van der Waals surface area contributed by atoms with Gasteiger partial charge in [0.25, 0.3) is 5.91 Å². The van der Waals surface area contributed by atoms with Gasteiger partial charge >= 0.3 is 0 Å². The van der Waals surface area contributed by atoms with E-state index in [0.29, 0.717) is 5.56 Å².